The molecule has 0 aliphatic carbocycles. The number of unbranched alkanes of at least 4 members (excludes halogenated alkanes) is 6. The first-order valence-electron chi connectivity index (χ1n) is 8.18. The predicted molar refractivity (Wildman–Crippen MR) is 81.2 cm³/mol. The van der Waals surface area contributed by atoms with Gasteiger partial charge in [-0.3, -0.25) is 4.79 Å². The minimum atomic E-state index is 0.355. The number of piperazine rings is 1. The zero-order chi connectivity index (χ0) is 14.1. The highest BCUT2D eigenvalue weighted by Crippen LogP contribution is 2.12. The van der Waals surface area contributed by atoms with Gasteiger partial charge in [0.15, 0.2) is 0 Å². The second-order valence-corrected chi connectivity index (χ2v) is 6.08. The van der Waals surface area contributed by atoms with Gasteiger partial charge in [0.25, 0.3) is 0 Å². The molecule has 2 atom stereocenters. The van der Waals surface area contributed by atoms with Crippen LogP contribution in [-0.4, -0.2) is 36.0 Å². The molecule has 0 spiro atoms. The van der Waals surface area contributed by atoms with Crippen molar-refractivity contribution in [2.75, 3.05) is 13.1 Å². The third kappa shape index (κ3) is 6.42. The zero-order valence-corrected chi connectivity index (χ0v) is 13.1. The number of amides is 1. The van der Waals surface area contributed by atoms with Crippen LogP contribution in [0.15, 0.2) is 0 Å². The zero-order valence-electron chi connectivity index (χ0n) is 13.1. The smallest absolute Gasteiger partial charge is 0.222 e. The van der Waals surface area contributed by atoms with Gasteiger partial charge in [0.2, 0.25) is 5.91 Å². The summed E-state index contributed by atoms with van der Waals surface area (Å²) in [6.07, 6.45) is 9.67. The molecule has 1 aliphatic heterocycles. The molecule has 1 saturated heterocycles. The summed E-state index contributed by atoms with van der Waals surface area (Å²) in [5, 5.41) is 3.42. The lowest BCUT2D eigenvalue weighted by Crippen LogP contribution is -2.56. The summed E-state index contributed by atoms with van der Waals surface area (Å²) in [6, 6.07) is 0.794. The Balaban J connectivity index is 2.09. The molecule has 0 aromatic rings. The van der Waals surface area contributed by atoms with E-state index in [1.54, 1.807) is 0 Å². The second kappa shape index (κ2) is 9.35. The summed E-state index contributed by atoms with van der Waals surface area (Å²) in [4.78, 5) is 14.3. The molecular formula is C16H32N2O. The molecule has 1 N–H and O–H groups in total. The summed E-state index contributed by atoms with van der Waals surface area (Å²) < 4.78 is 0. The molecule has 0 saturated carbocycles. The Labute approximate surface area is 119 Å². The molecule has 0 bridgehead atoms. The number of carbonyl (C=O) groups is 1. The molecule has 2 unspecified atom stereocenters. The maximum atomic E-state index is 12.2. The van der Waals surface area contributed by atoms with Crippen LogP contribution in [0.4, 0.5) is 0 Å². The lowest BCUT2D eigenvalue weighted by molar-refractivity contribution is -0.134. The second-order valence-electron chi connectivity index (χ2n) is 6.08. The largest absolute Gasteiger partial charge is 0.337 e. The molecule has 0 radical (unpaired) electrons. The van der Waals surface area contributed by atoms with Gasteiger partial charge in [-0.2, -0.15) is 0 Å². The van der Waals surface area contributed by atoms with Crippen LogP contribution < -0.4 is 5.32 Å². The molecule has 3 nitrogen and oxygen atoms in total. The SMILES string of the molecule is CCCCCCCCCC(=O)N1CC(C)NCC1C. The number of carbonyl (C=O) groups excluding carboxylic acids is 1. The Morgan fingerprint density at radius 1 is 1.11 bits per heavy atom. The fourth-order valence-electron chi connectivity index (χ4n) is 2.75. The van der Waals surface area contributed by atoms with Crippen molar-refractivity contribution in [3.05, 3.63) is 0 Å². The monoisotopic (exact) mass is 268 g/mol. The topological polar surface area (TPSA) is 32.3 Å². The van der Waals surface area contributed by atoms with Gasteiger partial charge in [0.1, 0.15) is 0 Å². The number of nitrogens with one attached hydrogen (secondary N) is 1. The van der Waals surface area contributed by atoms with Crippen molar-refractivity contribution >= 4 is 5.91 Å². The molecule has 112 valence electrons. The van der Waals surface area contributed by atoms with Crippen LogP contribution >= 0.6 is 0 Å². The van der Waals surface area contributed by atoms with Gasteiger partial charge in [-0.1, -0.05) is 45.4 Å². The van der Waals surface area contributed by atoms with E-state index in [1.807, 2.05) is 0 Å². The minimum Gasteiger partial charge on any atom is -0.337 e. The molecule has 19 heavy (non-hydrogen) atoms. The van der Waals surface area contributed by atoms with Crippen LogP contribution in [0, 0.1) is 0 Å². The maximum absolute atomic E-state index is 12.2. The number of hydrogen-bond acceptors (Lipinski definition) is 2. The molecule has 1 fully saturated rings. The van der Waals surface area contributed by atoms with Gasteiger partial charge < -0.3 is 10.2 Å². The van der Waals surface area contributed by atoms with E-state index in [1.165, 1.54) is 38.5 Å². The Kier molecular flexibility index (Phi) is 8.11. The van der Waals surface area contributed by atoms with Gasteiger partial charge in [0, 0.05) is 31.6 Å². The van der Waals surface area contributed by atoms with Crippen molar-refractivity contribution in [1.82, 2.24) is 10.2 Å². The van der Waals surface area contributed by atoms with Gasteiger partial charge >= 0.3 is 0 Å². The molecule has 1 amide bonds. The average molecular weight is 268 g/mol. The van der Waals surface area contributed by atoms with Gasteiger partial charge in [-0.25, -0.2) is 0 Å². The van der Waals surface area contributed by atoms with Crippen LogP contribution in [0.5, 0.6) is 0 Å². The van der Waals surface area contributed by atoms with Crippen LogP contribution in [0.1, 0.15) is 72.1 Å². The molecule has 3 heteroatoms. The average Bonchev–Trinajstić information content (AvgIpc) is 2.40. The van der Waals surface area contributed by atoms with Crippen molar-refractivity contribution in [1.29, 1.82) is 0 Å². The fourth-order valence-corrected chi connectivity index (χ4v) is 2.75. The van der Waals surface area contributed by atoms with Crippen LogP contribution in [0.25, 0.3) is 0 Å². The highest BCUT2D eigenvalue weighted by molar-refractivity contribution is 5.76. The van der Waals surface area contributed by atoms with E-state index in [4.69, 9.17) is 0 Å². The number of rotatable bonds is 8. The predicted octanol–water partition coefficient (Wildman–Crippen LogP) is 3.34. The van der Waals surface area contributed by atoms with Crippen molar-refractivity contribution in [2.24, 2.45) is 0 Å². The molecule has 1 rings (SSSR count). The summed E-state index contributed by atoms with van der Waals surface area (Å²) in [7, 11) is 0. The van der Waals surface area contributed by atoms with E-state index in [0.717, 1.165) is 25.9 Å². The van der Waals surface area contributed by atoms with Gasteiger partial charge in [-0.15, -0.1) is 0 Å². The van der Waals surface area contributed by atoms with Crippen molar-refractivity contribution in [2.45, 2.75) is 84.2 Å². The minimum absolute atomic E-state index is 0.355. The molecule has 1 heterocycles. The maximum Gasteiger partial charge on any atom is 0.222 e. The van der Waals surface area contributed by atoms with Crippen molar-refractivity contribution in [3.8, 4) is 0 Å². The Hall–Kier alpha value is -0.570. The van der Waals surface area contributed by atoms with Crippen LogP contribution in [-0.2, 0) is 4.79 Å². The quantitative estimate of drug-likeness (QED) is 0.685. The molecule has 0 aromatic carbocycles. The summed E-state index contributed by atoms with van der Waals surface area (Å²) in [5.74, 6) is 0.356. The van der Waals surface area contributed by atoms with E-state index in [-0.39, 0.29) is 0 Å². The van der Waals surface area contributed by atoms with Gasteiger partial charge in [-0.05, 0) is 20.3 Å². The van der Waals surface area contributed by atoms with E-state index >= 15 is 0 Å². The van der Waals surface area contributed by atoms with Crippen LogP contribution in [0.3, 0.4) is 0 Å². The summed E-state index contributed by atoms with van der Waals surface area (Å²) >= 11 is 0. The normalized spacial score (nSPS) is 23.6. The lowest BCUT2D eigenvalue weighted by atomic mass is 10.1. The first-order valence-corrected chi connectivity index (χ1v) is 8.18. The van der Waals surface area contributed by atoms with Gasteiger partial charge in [0.05, 0.1) is 0 Å². The molecular weight excluding hydrogens is 236 g/mol. The number of nitrogens with zero attached hydrogens (tertiary/aromatic N) is 1. The first-order chi connectivity index (χ1) is 9.15. The van der Waals surface area contributed by atoms with E-state index in [0.29, 0.717) is 18.0 Å². The highest BCUT2D eigenvalue weighted by atomic mass is 16.2. The standard InChI is InChI=1S/C16H32N2O/c1-4-5-6-7-8-9-10-11-16(19)18-13-14(2)17-12-15(18)3/h14-15,17H,4-13H2,1-3H3. The van der Waals surface area contributed by atoms with Crippen molar-refractivity contribution < 1.29 is 4.79 Å². The Morgan fingerprint density at radius 3 is 2.42 bits per heavy atom. The van der Waals surface area contributed by atoms with E-state index in [9.17, 15) is 4.79 Å². The third-order valence-electron chi connectivity index (χ3n) is 4.08. The van der Waals surface area contributed by atoms with E-state index in [2.05, 4.69) is 31.0 Å². The summed E-state index contributed by atoms with van der Waals surface area (Å²) in [5.41, 5.74) is 0. The van der Waals surface area contributed by atoms with Crippen molar-refractivity contribution in [3.63, 3.8) is 0 Å². The molecule has 0 aromatic heterocycles. The number of hydrogen-bond donors (Lipinski definition) is 1. The molecule has 1 aliphatic rings. The lowest BCUT2D eigenvalue weighted by Gasteiger charge is -2.37. The fraction of sp³-hybridized carbons (Fsp3) is 0.938. The summed E-state index contributed by atoms with van der Waals surface area (Å²) in [6.45, 7) is 8.34. The van der Waals surface area contributed by atoms with E-state index < -0.39 is 0 Å². The third-order valence-corrected chi connectivity index (χ3v) is 4.08. The first kappa shape index (κ1) is 16.5. The van der Waals surface area contributed by atoms with Crippen LogP contribution in [0.2, 0.25) is 0 Å². The highest BCUT2D eigenvalue weighted by Gasteiger charge is 2.25. The Morgan fingerprint density at radius 2 is 1.74 bits per heavy atom. The Bertz CT molecular complexity index is 255.